The van der Waals surface area contributed by atoms with Gasteiger partial charge in [0.05, 0.1) is 48.3 Å². The fourth-order valence-corrected chi connectivity index (χ4v) is 6.77. The van der Waals surface area contributed by atoms with Crippen LogP contribution in [0.1, 0.15) is 51.8 Å². The van der Waals surface area contributed by atoms with Gasteiger partial charge < -0.3 is 18.9 Å². The smallest absolute Gasteiger partial charge is 0.338 e. The monoisotopic (exact) mass is 664 g/mol. The van der Waals surface area contributed by atoms with Gasteiger partial charge in [0.1, 0.15) is 5.75 Å². The third-order valence-electron chi connectivity index (χ3n) is 6.96. The molecule has 1 aromatic heterocycles. The molecule has 0 fully saturated rings. The molecule has 0 radical (unpaired) electrons. The van der Waals surface area contributed by atoms with E-state index in [9.17, 15) is 9.59 Å². The van der Waals surface area contributed by atoms with Crippen LogP contribution in [-0.4, -0.2) is 37.0 Å². The van der Waals surface area contributed by atoms with Gasteiger partial charge in [-0.25, -0.2) is 9.79 Å². The summed E-state index contributed by atoms with van der Waals surface area (Å²) in [6, 6.07) is 14.6. The zero-order valence-corrected chi connectivity index (χ0v) is 27.3. The second kappa shape index (κ2) is 12.8. The second-order valence-electron chi connectivity index (χ2n) is 10.1. The van der Waals surface area contributed by atoms with Crippen molar-refractivity contribution in [3.8, 4) is 17.2 Å². The number of allylic oxidation sites excluding steroid dienone is 1. The Morgan fingerprint density at radius 3 is 2.49 bits per heavy atom. The highest BCUT2D eigenvalue weighted by Gasteiger charge is 2.35. The minimum atomic E-state index is -0.810. The lowest BCUT2D eigenvalue weighted by molar-refractivity contribution is -0.139. The number of carbonyl (C=O) groups is 1. The van der Waals surface area contributed by atoms with Crippen LogP contribution >= 0.6 is 27.3 Å². The Hall–Kier alpha value is -3.89. The molecule has 1 aliphatic heterocycles. The van der Waals surface area contributed by atoms with Gasteiger partial charge in [0.2, 0.25) is 0 Å². The first-order valence-electron chi connectivity index (χ1n) is 14.1. The molecule has 43 heavy (non-hydrogen) atoms. The van der Waals surface area contributed by atoms with Crippen LogP contribution in [0.5, 0.6) is 17.2 Å². The largest absolute Gasteiger partial charge is 0.493 e. The lowest BCUT2D eigenvalue weighted by Gasteiger charge is -2.26. The molecule has 2 heterocycles. The van der Waals surface area contributed by atoms with Gasteiger partial charge in [0, 0.05) is 9.86 Å². The van der Waals surface area contributed by atoms with Crippen molar-refractivity contribution < 1.29 is 23.7 Å². The molecule has 10 heteroatoms. The second-order valence-corrected chi connectivity index (χ2v) is 12.0. The highest BCUT2D eigenvalue weighted by atomic mass is 79.9. The Labute approximate surface area is 262 Å². The highest BCUT2D eigenvalue weighted by Crippen LogP contribution is 2.41. The number of benzene rings is 3. The van der Waals surface area contributed by atoms with E-state index in [-0.39, 0.29) is 23.8 Å². The van der Waals surface area contributed by atoms with Gasteiger partial charge in [-0.05, 0) is 75.4 Å². The molecule has 0 aliphatic carbocycles. The number of esters is 1. The first-order chi connectivity index (χ1) is 20.7. The van der Waals surface area contributed by atoms with Crippen molar-refractivity contribution in [3.05, 3.63) is 95.1 Å². The van der Waals surface area contributed by atoms with Crippen molar-refractivity contribution in [2.24, 2.45) is 4.99 Å². The summed E-state index contributed by atoms with van der Waals surface area (Å²) in [5.41, 5.74) is 2.02. The Balaban J connectivity index is 1.75. The molecule has 0 saturated carbocycles. The number of thiazole rings is 1. The number of nitrogens with zero attached hydrogens (tertiary/aromatic N) is 2. The molecule has 3 aromatic carbocycles. The van der Waals surface area contributed by atoms with E-state index in [1.165, 1.54) is 11.3 Å². The number of ether oxygens (including phenoxy) is 4. The molecule has 224 valence electrons. The Kier molecular flexibility index (Phi) is 9.08. The third kappa shape index (κ3) is 5.86. The fourth-order valence-electron chi connectivity index (χ4n) is 5.19. The molecule has 8 nitrogen and oxygen atoms in total. The Morgan fingerprint density at radius 2 is 1.81 bits per heavy atom. The minimum Gasteiger partial charge on any atom is -0.493 e. The summed E-state index contributed by atoms with van der Waals surface area (Å²) in [5, 5.41) is 1.92. The predicted octanol–water partition coefficient (Wildman–Crippen LogP) is 5.91. The molecule has 0 saturated heterocycles. The van der Waals surface area contributed by atoms with Crippen LogP contribution < -0.4 is 29.1 Å². The number of methoxy groups -OCH3 is 1. The van der Waals surface area contributed by atoms with E-state index in [2.05, 4.69) is 15.9 Å². The molecule has 0 N–H and O–H groups in total. The lowest BCUT2D eigenvalue weighted by atomic mass is 9.95. The summed E-state index contributed by atoms with van der Waals surface area (Å²) in [7, 11) is 1.55. The van der Waals surface area contributed by atoms with Gasteiger partial charge in [0.15, 0.2) is 16.3 Å². The molecule has 0 unspecified atom stereocenters. The lowest BCUT2D eigenvalue weighted by Crippen LogP contribution is -2.40. The number of hydrogen-bond donors (Lipinski definition) is 0. The van der Waals surface area contributed by atoms with Crippen LogP contribution in [0.25, 0.3) is 16.8 Å². The number of aromatic nitrogens is 1. The summed E-state index contributed by atoms with van der Waals surface area (Å²) in [5.74, 6) is 1.28. The summed E-state index contributed by atoms with van der Waals surface area (Å²) in [6.07, 6.45) is 1.90. The first-order valence-corrected chi connectivity index (χ1v) is 15.7. The topological polar surface area (TPSA) is 88.4 Å². The SMILES string of the molecule is CCOC(=O)C1=C(C)N=c2s/c(=C/c3ccc(OC(C)C)c4ccccc34)c(=O)n2[C@H]1c1cc(OC)c(OCC)cc1Br. The summed E-state index contributed by atoms with van der Waals surface area (Å²) >= 11 is 4.94. The Morgan fingerprint density at radius 1 is 1.07 bits per heavy atom. The van der Waals surface area contributed by atoms with Crippen LogP contribution in [-0.2, 0) is 9.53 Å². The maximum Gasteiger partial charge on any atom is 0.338 e. The average Bonchev–Trinajstić information content (AvgIpc) is 3.28. The standard InChI is InChI=1S/C33H33BrN2O6S/c1-7-40-27-17-24(34)23(16-26(27)39-6)30-29(32(38)41-8-2)19(5)35-33-36(30)31(37)28(43-33)15-20-13-14-25(42-18(3)4)22-12-10-9-11-21(20)22/h9-18,30H,7-8H2,1-6H3/b28-15+/t30-/m0/s1. The summed E-state index contributed by atoms with van der Waals surface area (Å²) < 4.78 is 25.6. The van der Waals surface area contributed by atoms with Gasteiger partial charge in [-0.3, -0.25) is 9.36 Å². The van der Waals surface area contributed by atoms with Crippen molar-refractivity contribution in [1.29, 1.82) is 0 Å². The average molecular weight is 666 g/mol. The van der Waals surface area contributed by atoms with Gasteiger partial charge in [-0.1, -0.05) is 57.6 Å². The van der Waals surface area contributed by atoms with Crippen molar-refractivity contribution in [2.45, 2.75) is 46.8 Å². The number of rotatable bonds is 9. The van der Waals surface area contributed by atoms with Gasteiger partial charge >= 0.3 is 5.97 Å². The zero-order chi connectivity index (χ0) is 30.8. The van der Waals surface area contributed by atoms with Crippen molar-refractivity contribution in [1.82, 2.24) is 4.57 Å². The fraction of sp³-hybridized carbons (Fsp3) is 0.303. The highest BCUT2D eigenvalue weighted by molar-refractivity contribution is 9.10. The minimum absolute atomic E-state index is 0.0235. The maximum absolute atomic E-state index is 14.2. The van der Waals surface area contributed by atoms with E-state index in [0.29, 0.717) is 43.2 Å². The van der Waals surface area contributed by atoms with Crippen LogP contribution in [0.15, 0.2) is 74.1 Å². The Bertz CT molecular complexity index is 1920. The van der Waals surface area contributed by atoms with Crippen LogP contribution in [0.3, 0.4) is 0 Å². The third-order valence-corrected chi connectivity index (χ3v) is 8.63. The molecular weight excluding hydrogens is 632 g/mol. The van der Waals surface area contributed by atoms with Crippen LogP contribution in [0.2, 0.25) is 0 Å². The normalized spacial score (nSPS) is 15.0. The van der Waals surface area contributed by atoms with Crippen molar-refractivity contribution in [2.75, 3.05) is 20.3 Å². The molecule has 0 bridgehead atoms. The number of halogens is 1. The van der Waals surface area contributed by atoms with E-state index < -0.39 is 12.0 Å². The number of hydrogen-bond acceptors (Lipinski definition) is 8. The van der Waals surface area contributed by atoms with Crippen molar-refractivity contribution in [3.63, 3.8) is 0 Å². The van der Waals surface area contributed by atoms with Gasteiger partial charge in [0.25, 0.3) is 5.56 Å². The number of fused-ring (bicyclic) bond motifs is 2. The molecule has 0 spiro atoms. The molecule has 1 atom stereocenters. The zero-order valence-electron chi connectivity index (χ0n) is 24.9. The van der Waals surface area contributed by atoms with E-state index in [4.69, 9.17) is 23.9 Å². The quantitative estimate of drug-likeness (QED) is 0.207. The van der Waals surface area contributed by atoms with Gasteiger partial charge in [-0.2, -0.15) is 0 Å². The maximum atomic E-state index is 14.2. The first kappa shape index (κ1) is 30.6. The van der Waals surface area contributed by atoms with Gasteiger partial charge in [-0.15, -0.1) is 0 Å². The van der Waals surface area contributed by atoms with E-state index in [1.807, 2.05) is 63.2 Å². The summed E-state index contributed by atoms with van der Waals surface area (Å²) in [6.45, 7) is 10.0. The summed E-state index contributed by atoms with van der Waals surface area (Å²) in [4.78, 5) is 32.8. The van der Waals surface area contributed by atoms with Crippen molar-refractivity contribution >= 4 is 50.1 Å². The molecule has 4 aromatic rings. The van der Waals surface area contributed by atoms with Crippen LogP contribution in [0.4, 0.5) is 0 Å². The molecule has 5 rings (SSSR count). The van der Waals surface area contributed by atoms with E-state index >= 15 is 0 Å². The number of carbonyl (C=O) groups excluding carboxylic acids is 1. The molecule has 1 aliphatic rings. The molecular formula is C33H33BrN2O6S. The van der Waals surface area contributed by atoms with Crippen LogP contribution in [0, 0.1) is 0 Å². The molecule has 0 amide bonds. The predicted molar refractivity (Wildman–Crippen MR) is 172 cm³/mol. The van der Waals surface area contributed by atoms with E-state index in [1.54, 1.807) is 37.7 Å². The van der Waals surface area contributed by atoms with E-state index in [0.717, 1.165) is 22.1 Å².